The molecule has 0 bridgehead atoms. The molecule has 4 heteroatoms. The van der Waals surface area contributed by atoms with Gasteiger partial charge in [-0.25, -0.2) is 0 Å². The Bertz CT molecular complexity index is 357. The summed E-state index contributed by atoms with van der Waals surface area (Å²) < 4.78 is 0. The second-order valence-electron chi connectivity index (χ2n) is 6.14. The number of hydrogen-bond acceptors (Lipinski definition) is 2. The molecule has 1 fully saturated rings. The van der Waals surface area contributed by atoms with Crippen molar-refractivity contribution in [3.05, 3.63) is 11.6 Å². The van der Waals surface area contributed by atoms with Crippen molar-refractivity contribution in [2.45, 2.75) is 63.4 Å². The van der Waals surface area contributed by atoms with Crippen LogP contribution in [0.4, 0.5) is 0 Å². The molecular weight excluding hydrogens is 250 g/mol. The van der Waals surface area contributed by atoms with Crippen LogP contribution in [-0.4, -0.2) is 36.8 Å². The van der Waals surface area contributed by atoms with Crippen LogP contribution in [0.3, 0.4) is 0 Å². The van der Waals surface area contributed by atoms with Crippen molar-refractivity contribution in [2.75, 3.05) is 20.1 Å². The largest absolute Gasteiger partial charge is 0.388 e. The van der Waals surface area contributed by atoms with Gasteiger partial charge in [0, 0.05) is 20.1 Å². The first-order chi connectivity index (χ1) is 9.72. The lowest BCUT2D eigenvalue weighted by molar-refractivity contribution is 0.0522. The second kappa shape index (κ2) is 7.67. The van der Waals surface area contributed by atoms with E-state index in [0.29, 0.717) is 6.54 Å². The Morgan fingerprint density at radius 3 is 2.70 bits per heavy atom. The van der Waals surface area contributed by atoms with Gasteiger partial charge >= 0.3 is 0 Å². The fraction of sp³-hybridized carbons (Fsp3) is 0.812. The Balaban J connectivity index is 1.66. The van der Waals surface area contributed by atoms with Gasteiger partial charge in [-0.15, -0.1) is 0 Å². The molecule has 0 atom stereocenters. The molecule has 0 aromatic carbocycles. The third-order valence-corrected chi connectivity index (χ3v) is 4.47. The van der Waals surface area contributed by atoms with Gasteiger partial charge in [0.1, 0.15) is 0 Å². The van der Waals surface area contributed by atoms with Crippen LogP contribution in [0, 0.1) is 0 Å². The lowest BCUT2D eigenvalue weighted by Crippen LogP contribution is -2.46. The minimum absolute atomic E-state index is 0.524. The summed E-state index contributed by atoms with van der Waals surface area (Å²) in [5.41, 5.74) is 1.05. The molecule has 0 unspecified atom stereocenters. The van der Waals surface area contributed by atoms with E-state index in [1.54, 1.807) is 12.6 Å². The smallest absolute Gasteiger partial charge is 0.191 e. The van der Waals surface area contributed by atoms with Crippen molar-refractivity contribution in [3.63, 3.8) is 0 Å². The zero-order valence-electron chi connectivity index (χ0n) is 12.7. The monoisotopic (exact) mass is 279 g/mol. The maximum absolute atomic E-state index is 10.3. The minimum atomic E-state index is -0.524. The van der Waals surface area contributed by atoms with Gasteiger partial charge in [0.2, 0.25) is 0 Å². The molecule has 4 nitrogen and oxygen atoms in total. The highest BCUT2D eigenvalue weighted by atomic mass is 16.3. The number of allylic oxidation sites excluding steroid dienone is 1. The average molecular weight is 279 g/mol. The fourth-order valence-corrected chi connectivity index (χ4v) is 3.15. The Kier molecular flexibility index (Phi) is 5.89. The molecule has 0 amide bonds. The summed E-state index contributed by atoms with van der Waals surface area (Å²) in [6.07, 6.45) is 12.8. The highest BCUT2D eigenvalue weighted by Crippen LogP contribution is 2.28. The standard InChI is InChI=1S/C16H29N3O/c1-17-15(19-13-16(20)10-5-6-11-16)18-12-9-14-7-3-2-4-8-14/h7,20H,2-6,8-13H2,1H3,(H2,17,18,19). The van der Waals surface area contributed by atoms with E-state index < -0.39 is 5.60 Å². The zero-order valence-corrected chi connectivity index (χ0v) is 12.7. The summed E-state index contributed by atoms with van der Waals surface area (Å²) in [5, 5.41) is 16.9. The molecule has 0 radical (unpaired) electrons. The first kappa shape index (κ1) is 15.4. The van der Waals surface area contributed by atoms with E-state index in [-0.39, 0.29) is 0 Å². The summed E-state index contributed by atoms with van der Waals surface area (Å²) >= 11 is 0. The van der Waals surface area contributed by atoms with E-state index in [2.05, 4.69) is 21.7 Å². The topological polar surface area (TPSA) is 56.7 Å². The molecule has 2 aliphatic carbocycles. The lowest BCUT2D eigenvalue weighted by atomic mass is 9.97. The van der Waals surface area contributed by atoms with Gasteiger partial charge in [0.15, 0.2) is 5.96 Å². The summed E-state index contributed by atoms with van der Waals surface area (Å²) in [4.78, 5) is 4.23. The maximum Gasteiger partial charge on any atom is 0.191 e. The molecule has 2 aliphatic rings. The number of aliphatic hydroxyl groups is 1. The van der Waals surface area contributed by atoms with E-state index in [4.69, 9.17) is 0 Å². The van der Waals surface area contributed by atoms with E-state index in [1.807, 2.05) is 0 Å². The Morgan fingerprint density at radius 2 is 2.05 bits per heavy atom. The highest BCUT2D eigenvalue weighted by Gasteiger charge is 2.30. The van der Waals surface area contributed by atoms with E-state index >= 15 is 0 Å². The van der Waals surface area contributed by atoms with Gasteiger partial charge in [-0.05, 0) is 44.9 Å². The Labute approximate surface area is 122 Å². The number of guanidine groups is 1. The van der Waals surface area contributed by atoms with Gasteiger partial charge in [-0.2, -0.15) is 0 Å². The summed E-state index contributed by atoms with van der Waals surface area (Å²) in [6, 6.07) is 0. The van der Waals surface area contributed by atoms with Gasteiger partial charge < -0.3 is 15.7 Å². The molecule has 0 saturated heterocycles. The Morgan fingerprint density at radius 1 is 1.25 bits per heavy atom. The first-order valence-electron chi connectivity index (χ1n) is 8.07. The van der Waals surface area contributed by atoms with E-state index in [9.17, 15) is 5.11 Å². The molecule has 20 heavy (non-hydrogen) atoms. The van der Waals surface area contributed by atoms with Crippen LogP contribution in [0.25, 0.3) is 0 Å². The van der Waals surface area contributed by atoms with Crippen molar-refractivity contribution in [2.24, 2.45) is 4.99 Å². The van der Waals surface area contributed by atoms with Gasteiger partial charge in [-0.1, -0.05) is 24.5 Å². The number of aliphatic imine (C=N–C) groups is 1. The molecule has 1 saturated carbocycles. The molecule has 0 aromatic heterocycles. The van der Waals surface area contributed by atoms with Crippen LogP contribution in [-0.2, 0) is 0 Å². The van der Waals surface area contributed by atoms with Crippen molar-refractivity contribution in [1.82, 2.24) is 10.6 Å². The normalized spacial score (nSPS) is 22.5. The van der Waals surface area contributed by atoms with Crippen molar-refractivity contribution in [3.8, 4) is 0 Å². The van der Waals surface area contributed by atoms with Crippen molar-refractivity contribution < 1.29 is 5.11 Å². The first-order valence-corrected chi connectivity index (χ1v) is 8.07. The molecular formula is C16H29N3O. The van der Waals surface area contributed by atoms with Crippen LogP contribution in [0.15, 0.2) is 16.6 Å². The summed E-state index contributed by atoms with van der Waals surface area (Å²) in [7, 11) is 1.79. The van der Waals surface area contributed by atoms with E-state index in [0.717, 1.165) is 44.6 Å². The van der Waals surface area contributed by atoms with Crippen molar-refractivity contribution in [1.29, 1.82) is 0 Å². The van der Waals surface area contributed by atoms with Crippen LogP contribution in [0.5, 0.6) is 0 Å². The molecule has 0 heterocycles. The van der Waals surface area contributed by atoms with Crippen LogP contribution in [0.1, 0.15) is 57.8 Å². The molecule has 0 aliphatic heterocycles. The fourth-order valence-electron chi connectivity index (χ4n) is 3.15. The predicted octanol–water partition coefficient (Wildman–Crippen LogP) is 2.35. The SMILES string of the molecule is CN=C(NCCC1=CCCCC1)NCC1(O)CCCC1. The molecule has 0 spiro atoms. The maximum atomic E-state index is 10.3. The van der Waals surface area contributed by atoms with E-state index in [1.165, 1.54) is 25.7 Å². The van der Waals surface area contributed by atoms with Gasteiger partial charge in [-0.3, -0.25) is 4.99 Å². The summed E-state index contributed by atoms with van der Waals surface area (Å²) in [6.45, 7) is 1.53. The number of nitrogens with one attached hydrogen (secondary N) is 2. The molecule has 114 valence electrons. The third-order valence-electron chi connectivity index (χ3n) is 4.47. The average Bonchev–Trinajstić information content (AvgIpc) is 2.91. The predicted molar refractivity (Wildman–Crippen MR) is 84.0 cm³/mol. The summed E-state index contributed by atoms with van der Waals surface area (Å²) in [5.74, 6) is 0.807. The molecule has 3 N–H and O–H groups in total. The van der Waals surface area contributed by atoms with Gasteiger partial charge in [0.25, 0.3) is 0 Å². The minimum Gasteiger partial charge on any atom is -0.388 e. The second-order valence-corrected chi connectivity index (χ2v) is 6.14. The van der Waals surface area contributed by atoms with Crippen molar-refractivity contribution >= 4 is 5.96 Å². The van der Waals surface area contributed by atoms with Crippen LogP contribution < -0.4 is 10.6 Å². The van der Waals surface area contributed by atoms with Gasteiger partial charge in [0.05, 0.1) is 5.60 Å². The molecule has 0 aromatic rings. The molecule has 2 rings (SSSR count). The third kappa shape index (κ3) is 4.82. The number of nitrogens with zero attached hydrogens (tertiary/aromatic N) is 1. The lowest BCUT2D eigenvalue weighted by Gasteiger charge is -2.24. The number of hydrogen-bond donors (Lipinski definition) is 3. The zero-order chi connectivity index (χ0) is 14.3. The van der Waals surface area contributed by atoms with Crippen LogP contribution in [0.2, 0.25) is 0 Å². The Hall–Kier alpha value is -1.03. The quantitative estimate of drug-likeness (QED) is 0.411. The highest BCUT2D eigenvalue weighted by molar-refractivity contribution is 5.79. The van der Waals surface area contributed by atoms with Crippen LogP contribution >= 0.6 is 0 Å². The number of rotatable bonds is 5.